The van der Waals surface area contributed by atoms with Gasteiger partial charge in [-0.3, -0.25) is 9.52 Å². The standard InChI is InChI=1S/C26H29N7O4S2/c1-32(2)15-23(34)33-11-9-16-13-22(37-3)20(14-21(16)33)29-26-28-19-10-12-38-24(19)25(30-26)27-17-7-5-6-8-18(17)31-39(4,35)36/h5-8,10,12-14,31H,9,11,15H2,1-4H3,(H2,27,28,29,30). The van der Waals surface area contributed by atoms with Crippen LogP contribution in [0.25, 0.3) is 10.2 Å². The Morgan fingerprint density at radius 2 is 1.87 bits per heavy atom. The maximum absolute atomic E-state index is 12.8. The van der Waals surface area contributed by atoms with Gasteiger partial charge in [-0.2, -0.15) is 4.98 Å². The molecule has 4 aromatic rings. The number of para-hydroxylation sites is 2. The lowest BCUT2D eigenvalue weighted by molar-refractivity contribution is -0.119. The SMILES string of the molecule is COc1cc2c(cc1Nc1nc(Nc3ccccc3NS(C)(=O)=O)c3sccc3n1)N(C(=O)CN(C)C)CC2. The van der Waals surface area contributed by atoms with Crippen molar-refractivity contribution in [3.8, 4) is 5.75 Å². The predicted molar refractivity (Wildman–Crippen MR) is 156 cm³/mol. The maximum atomic E-state index is 12.8. The van der Waals surface area contributed by atoms with Crippen LogP contribution in [0.1, 0.15) is 5.56 Å². The van der Waals surface area contributed by atoms with Crippen LogP contribution in [-0.4, -0.2) is 69.7 Å². The number of fused-ring (bicyclic) bond motifs is 2. The third kappa shape index (κ3) is 5.90. The number of methoxy groups -OCH3 is 1. The number of carbonyl (C=O) groups excluding carboxylic acids is 1. The lowest BCUT2D eigenvalue weighted by Gasteiger charge is -2.21. The molecule has 2 aromatic carbocycles. The van der Waals surface area contributed by atoms with Crippen LogP contribution in [0.3, 0.4) is 0 Å². The summed E-state index contributed by atoms with van der Waals surface area (Å²) in [5.74, 6) is 1.48. The van der Waals surface area contributed by atoms with E-state index in [1.807, 2.05) is 42.6 Å². The zero-order chi connectivity index (χ0) is 27.7. The molecule has 3 heterocycles. The number of thiophene rings is 1. The molecule has 11 nitrogen and oxygen atoms in total. The summed E-state index contributed by atoms with van der Waals surface area (Å²) < 4.78 is 32.8. The molecule has 0 saturated heterocycles. The van der Waals surface area contributed by atoms with E-state index in [4.69, 9.17) is 9.72 Å². The molecule has 0 radical (unpaired) electrons. The number of benzene rings is 2. The first-order valence-electron chi connectivity index (χ1n) is 12.1. The summed E-state index contributed by atoms with van der Waals surface area (Å²) in [6, 6.07) is 12.7. The molecule has 5 rings (SSSR count). The van der Waals surface area contributed by atoms with Crippen molar-refractivity contribution < 1.29 is 17.9 Å². The fourth-order valence-corrected chi connectivity index (χ4v) is 5.78. The number of hydrogen-bond acceptors (Lipinski definition) is 10. The number of hydrogen-bond donors (Lipinski definition) is 3. The van der Waals surface area contributed by atoms with Gasteiger partial charge in [0.1, 0.15) is 5.75 Å². The van der Waals surface area contributed by atoms with Gasteiger partial charge in [-0.15, -0.1) is 11.3 Å². The second kappa shape index (κ2) is 10.7. The zero-order valence-electron chi connectivity index (χ0n) is 22.0. The van der Waals surface area contributed by atoms with Crippen molar-refractivity contribution >= 4 is 72.0 Å². The normalized spacial score (nSPS) is 13.0. The number of anilines is 6. The average molecular weight is 568 g/mol. The van der Waals surface area contributed by atoms with Gasteiger partial charge in [0.15, 0.2) is 5.82 Å². The molecule has 13 heteroatoms. The Morgan fingerprint density at radius 3 is 2.59 bits per heavy atom. The van der Waals surface area contributed by atoms with E-state index in [1.54, 1.807) is 36.3 Å². The first kappa shape index (κ1) is 26.7. The summed E-state index contributed by atoms with van der Waals surface area (Å²) in [4.78, 5) is 25.9. The summed E-state index contributed by atoms with van der Waals surface area (Å²) in [6.45, 7) is 0.928. The molecule has 0 fully saturated rings. The van der Waals surface area contributed by atoms with E-state index < -0.39 is 10.0 Å². The largest absolute Gasteiger partial charge is 0.495 e. The highest BCUT2D eigenvalue weighted by Gasteiger charge is 2.27. The molecule has 1 aliphatic heterocycles. The van der Waals surface area contributed by atoms with Crippen LogP contribution in [0.4, 0.5) is 34.5 Å². The Bertz CT molecular complexity index is 1650. The molecule has 0 atom stereocenters. The van der Waals surface area contributed by atoms with Crippen LogP contribution < -0.4 is 25.0 Å². The van der Waals surface area contributed by atoms with Gasteiger partial charge in [0.2, 0.25) is 21.9 Å². The fraction of sp³-hybridized carbons (Fsp3) is 0.269. The summed E-state index contributed by atoms with van der Waals surface area (Å²) in [6.07, 6.45) is 1.85. The van der Waals surface area contributed by atoms with Crippen LogP contribution in [0, 0.1) is 0 Å². The molecule has 1 aliphatic rings. The van der Waals surface area contributed by atoms with Crippen LogP contribution in [0.15, 0.2) is 47.8 Å². The van der Waals surface area contributed by atoms with Gasteiger partial charge in [0.05, 0.1) is 47.2 Å². The number of amides is 1. The molecule has 0 unspecified atom stereocenters. The van der Waals surface area contributed by atoms with Crippen molar-refractivity contribution in [2.75, 3.05) is 60.8 Å². The molecule has 3 N–H and O–H groups in total. The maximum Gasteiger partial charge on any atom is 0.241 e. The highest BCUT2D eigenvalue weighted by Crippen LogP contribution is 2.39. The van der Waals surface area contributed by atoms with Gasteiger partial charge in [0.25, 0.3) is 0 Å². The Labute approximate surface area is 230 Å². The molecule has 0 spiro atoms. The van der Waals surface area contributed by atoms with Gasteiger partial charge in [-0.1, -0.05) is 12.1 Å². The van der Waals surface area contributed by atoms with Crippen LogP contribution in [-0.2, 0) is 21.2 Å². The second-order valence-corrected chi connectivity index (χ2v) is 12.1. The van der Waals surface area contributed by atoms with E-state index in [0.717, 1.165) is 34.1 Å². The quantitative estimate of drug-likeness (QED) is 0.275. The molecule has 0 saturated carbocycles. The minimum atomic E-state index is -3.48. The van der Waals surface area contributed by atoms with E-state index in [2.05, 4.69) is 20.3 Å². The van der Waals surface area contributed by atoms with Crippen molar-refractivity contribution in [3.05, 3.63) is 53.4 Å². The van der Waals surface area contributed by atoms with E-state index in [0.29, 0.717) is 47.7 Å². The van der Waals surface area contributed by atoms with Crippen molar-refractivity contribution in [2.24, 2.45) is 0 Å². The van der Waals surface area contributed by atoms with Crippen molar-refractivity contribution in [3.63, 3.8) is 0 Å². The minimum absolute atomic E-state index is 0.0265. The summed E-state index contributed by atoms with van der Waals surface area (Å²) in [5.41, 5.74) is 4.17. The lowest BCUT2D eigenvalue weighted by atomic mass is 10.1. The number of nitrogens with one attached hydrogen (secondary N) is 3. The molecular weight excluding hydrogens is 538 g/mol. The highest BCUT2D eigenvalue weighted by atomic mass is 32.2. The summed E-state index contributed by atoms with van der Waals surface area (Å²) in [5, 5.41) is 8.45. The van der Waals surface area contributed by atoms with Gasteiger partial charge >= 0.3 is 0 Å². The van der Waals surface area contributed by atoms with E-state index in [-0.39, 0.29) is 5.91 Å². The Morgan fingerprint density at radius 1 is 1.10 bits per heavy atom. The number of aromatic nitrogens is 2. The first-order chi connectivity index (χ1) is 18.6. The number of carbonyl (C=O) groups is 1. The Hall–Kier alpha value is -3.94. The van der Waals surface area contributed by atoms with E-state index in [1.165, 1.54) is 11.3 Å². The Balaban J connectivity index is 1.50. The lowest BCUT2D eigenvalue weighted by Crippen LogP contribution is -2.36. The first-order valence-corrected chi connectivity index (χ1v) is 14.9. The van der Waals surface area contributed by atoms with Gasteiger partial charge in [0, 0.05) is 12.2 Å². The molecule has 0 aliphatic carbocycles. The van der Waals surface area contributed by atoms with Crippen molar-refractivity contribution in [2.45, 2.75) is 6.42 Å². The van der Waals surface area contributed by atoms with Crippen molar-refractivity contribution in [1.82, 2.24) is 14.9 Å². The monoisotopic (exact) mass is 567 g/mol. The molecule has 204 valence electrons. The highest BCUT2D eigenvalue weighted by molar-refractivity contribution is 7.92. The third-order valence-electron chi connectivity index (χ3n) is 6.07. The van der Waals surface area contributed by atoms with Crippen LogP contribution >= 0.6 is 11.3 Å². The fourth-order valence-electron chi connectivity index (χ4n) is 4.43. The van der Waals surface area contributed by atoms with Crippen LogP contribution in [0.5, 0.6) is 5.75 Å². The second-order valence-electron chi connectivity index (χ2n) is 9.41. The molecular formula is C26H29N7O4S2. The number of nitrogens with zero attached hydrogens (tertiary/aromatic N) is 4. The smallest absolute Gasteiger partial charge is 0.241 e. The number of likely N-dealkylation sites (N-methyl/N-ethyl adjacent to an activating group) is 1. The van der Waals surface area contributed by atoms with Gasteiger partial charge in [-0.25, -0.2) is 13.4 Å². The minimum Gasteiger partial charge on any atom is -0.495 e. The van der Waals surface area contributed by atoms with Crippen molar-refractivity contribution in [1.29, 1.82) is 0 Å². The molecule has 1 amide bonds. The Kier molecular flexibility index (Phi) is 7.30. The zero-order valence-corrected chi connectivity index (χ0v) is 23.6. The number of ether oxygens (including phenoxy) is 1. The topological polar surface area (TPSA) is 129 Å². The van der Waals surface area contributed by atoms with E-state index in [9.17, 15) is 13.2 Å². The summed E-state index contributed by atoms with van der Waals surface area (Å²) in [7, 11) is 1.86. The third-order valence-corrected chi connectivity index (χ3v) is 7.58. The van der Waals surface area contributed by atoms with Gasteiger partial charge < -0.3 is 25.2 Å². The molecule has 2 aromatic heterocycles. The predicted octanol–water partition coefficient (Wildman–Crippen LogP) is 4.01. The average Bonchev–Trinajstić information content (AvgIpc) is 3.50. The van der Waals surface area contributed by atoms with Gasteiger partial charge in [-0.05, 0) is 61.8 Å². The van der Waals surface area contributed by atoms with E-state index >= 15 is 0 Å². The van der Waals surface area contributed by atoms with Crippen LogP contribution in [0.2, 0.25) is 0 Å². The number of rotatable bonds is 9. The summed E-state index contributed by atoms with van der Waals surface area (Å²) >= 11 is 1.47. The molecule has 39 heavy (non-hydrogen) atoms. The number of sulfonamides is 1. The molecule has 0 bridgehead atoms.